The minimum Gasteiger partial charge on any atom is -0.491 e. The van der Waals surface area contributed by atoms with Crippen LogP contribution in [0, 0.1) is 0 Å². The van der Waals surface area contributed by atoms with Gasteiger partial charge in [-0.25, -0.2) is 4.98 Å². The Morgan fingerprint density at radius 1 is 1.77 bits per heavy atom. The molecule has 0 aromatic carbocycles. The van der Waals surface area contributed by atoms with Crippen LogP contribution in [-0.2, 0) is 4.79 Å². The molecule has 1 aromatic heterocycles. The van der Waals surface area contributed by atoms with Crippen molar-refractivity contribution in [2.75, 3.05) is 11.9 Å². The zero-order chi connectivity index (χ0) is 9.68. The van der Waals surface area contributed by atoms with Gasteiger partial charge in [-0.1, -0.05) is 0 Å². The molecule has 0 aliphatic heterocycles. The van der Waals surface area contributed by atoms with E-state index in [2.05, 4.69) is 15.3 Å². The summed E-state index contributed by atoms with van der Waals surface area (Å²) in [6.07, 6.45) is 1.67. The quantitative estimate of drug-likeness (QED) is 0.649. The van der Waals surface area contributed by atoms with Crippen molar-refractivity contribution in [1.29, 1.82) is 0 Å². The van der Waals surface area contributed by atoms with Crippen LogP contribution in [0.15, 0.2) is 6.20 Å². The summed E-state index contributed by atoms with van der Waals surface area (Å²) < 4.78 is 5.01. The van der Waals surface area contributed by atoms with E-state index in [1.165, 1.54) is 6.20 Å². The van der Waals surface area contributed by atoms with Crippen molar-refractivity contribution in [2.45, 2.75) is 6.92 Å². The fourth-order valence-electron chi connectivity index (χ4n) is 0.737. The van der Waals surface area contributed by atoms with Crippen LogP contribution in [-0.4, -0.2) is 28.1 Å². The number of amides is 1. The lowest BCUT2D eigenvalue weighted by molar-refractivity contribution is -0.105. The number of nitrogens with one attached hydrogen (secondary N) is 1. The maximum atomic E-state index is 10.1. The van der Waals surface area contributed by atoms with Crippen LogP contribution in [0.5, 0.6) is 11.8 Å². The zero-order valence-electron chi connectivity index (χ0n) is 7.02. The van der Waals surface area contributed by atoms with Crippen LogP contribution in [0.3, 0.4) is 0 Å². The Labute approximate surface area is 74.6 Å². The highest BCUT2D eigenvalue weighted by molar-refractivity contribution is 5.71. The highest BCUT2D eigenvalue weighted by Crippen LogP contribution is 2.19. The Hall–Kier alpha value is -1.85. The van der Waals surface area contributed by atoms with Crippen LogP contribution in [0.1, 0.15) is 6.92 Å². The predicted molar refractivity (Wildman–Crippen MR) is 44.6 cm³/mol. The molecule has 0 atom stereocenters. The molecule has 6 nitrogen and oxygen atoms in total. The van der Waals surface area contributed by atoms with Crippen LogP contribution in [0.4, 0.5) is 5.82 Å². The van der Waals surface area contributed by atoms with Crippen molar-refractivity contribution < 1.29 is 14.6 Å². The first-order valence-electron chi connectivity index (χ1n) is 3.67. The van der Waals surface area contributed by atoms with E-state index < -0.39 is 0 Å². The van der Waals surface area contributed by atoms with E-state index in [-0.39, 0.29) is 17.6 Å². The van der Waals surface area contributed by atoms with Crippen molar-refractivity contribution in [3.63, 3.8) is 0 Å². The molecule has 0 unspecified atom stereocenters. The standard InChI is InChI=1S/C7H9N3O3/c1-2-13-5-3-8-7(12)6(10-5)9-4-11/h3-4H,2H2,1H3,(H,8,12)(H,9,10,11). The monoisotopic (exact) mass is 183 g/mol. The molecule has 1 heterocycles. The Kier molecular flexibility index (Phi) is 3.02. The first-order valence-corrected chi connectivity index (χ1v) is 3.67. The van der Waals surface area contributed by atoms with Crippen molar-refractivity contribution in [3.05, 3.63) is 6.20 Å². The molecule has 1 amide bonds. The lowest BCUT2D eigenvalue weighted by Gasteiger charge is -2.04. The van der Waals surface area contributed by atoms with E-state index in [1.54, 1.807) is 6.92 Å². The summed E-state index contributed by atoms with van der Waals surface area (Å²) in [6, 6.07) is 0. The third-order valence-corrected chi connectivity index (χ3v) is 1.22. The second-order valence-corrected chi connectivity index (χ2v) is 2.08. The lowest BCUT2D eigenvalue weighted by atomic mass is 10.6. The van der Waals surface area contributed by atoms with Gasteiger partial charge in [0.05, 0.1) is 12.8 Å². The van der Waals surface area contributed by atoms with Crippen LogP contribution in [0.2, 0.25) is 0 Å². The number of hydrogen-bond donors (Lipinski definition) is 2. The van der Waals surface area contributed by atoms with Gasteiger partial charge in [0.15, 0.2) is 5.82 Å². The van der Waals surface area contributed by atoms with Gasteiger partial charge in [-0.2, -0.15) is 4.98 Å². The van der Waals surface area contributed by atoms with Gasteiger partial charge < -0.3 is 15.2 Å². The fraction of sp³-hybridized carbons (Fsp3) is 0.286. The van der Waals surface area contributed by atoms with Gasteiger partial charge in [0, 0.05) is 0 Å². The van der Waals surface area contributed by atoms with Crippen molar-refractivity contribution in [2.24, 2.45) is 0 Å². The summed E-state index contributed by atoms with van der Waals surface area (Å²) in [5.41, 5.74) is 0. The Bertz CT molecular complexity index is 303. The summed E-state index contributed by atoms with van der Waals surface area (Å²) in [5, 5.41) is 11.3. The smallest absolute Gasteiger partial charge is 0.255 e. The molecule has 0 saturated heterocycles. The highest BCUT2D eigenvalue weighted by Gasteiger charge is 2.05. The summed E-state index contributed by atoms with van der Waals surface area (Å²) in [5.74, 6) is -0.0962. The van der Waals surface area contributed by atoms with Crippen LogP contribution >= 0.6 is 0 Å². The third kappa shape index (κ3) is 2.29. The molecular formula is C7H9N3O3. The first-order chi connectivity index (χ1) is 6.27. The van der Waals surface area contributed by atoms with E-state index in [9.17, 15) is 4.79 Å². The minimum atomic E-state index is -0.337. The second kappa shape index (κ2) is 4.24. The Morgan fingerprint density at radius 2 is 2.54 bits per heavy atom. The van der Waals surface area contributed by atoms with Gasteiger partial charge in [-0.3, -0.25) is 4.79 Å². The SMILES string of the molecule is CCOc1cnc(O)c(NC=O)n1. The van der Waals surface area contributed by atoms with E-state index in [0.717, 1.165) is 0 Å². The van der Waals surface area contributed by atoms with Crippen molar-refractivity contribution in [3.8, 4) is 11.8 Å². The summed E-state index contributed by atoms with van der Waals surface area (Å²) in [7, 11) is 0. The second-order valence-electron chi connectivity index (χ2n) is 2.08. The van der Waals surface area contributed by atoms with Gasteiger partial charge >= 0.3 is 0 Å². The average Bonchev–Trinajstić information content (AvgIpc) is 2.12. The van der Waals surface area contributed by atoms with Gasteiger partial charge in [0.25, 0.3) is 5.88 Å². The highest BCUT2D eigenvalue weighted by atomic mass is 16.5. The number of aromatic nitrogens is 2. The molecule has 0 aliphatic carbocycles. The van der Waals surface area contributed by atoms with Crippen LogP contribution < -0.4 is 10.1 Å². The van der Waals surface area contributed by atoms with E-state index in [0.29, 0.717) is 13.0 Å². The van der Waals surface area contributed by atoms with Crippen molar-refractivity contribution in [1.82, 2.24) is 9.97 Å². The zero-order valence-corrected chi connectivity index (χ0v) is 7.02. The molecule has 6 heteroatoms. The number of ether oxygens (including phenoxy) is 1. The molecule has 1 rings (SSSR count). The fourth-order valence-corrected chi connectivity index (χ4v) is 0.737. The largest absolute Gasteiger partial charge is 0.491 e. The van der Waals surface area contributed by atoms with Crippen LogP contribution in [0.25, 0.3) is 0 Å². The molecule has 13 heavy (non-hydrogen) atoms. The molecule has 1 aromatic rings. The molecule has 2 N–H and O–H groups in total. The normalized spacial score (nSPS) is 9.31. The number of hydrogen-bond acceptors (Lipinski definition) is 5. The van der Waals surface area contributed by atoms with E-state index in [1.807, 2.05) is 0 Å². The van der Waals surface area contributed by atoms with Gasteiger partial charge in [0.2, 0.25) is 12.3 Å². The molecule has 0 fully saturated rings. The molecule has 0 spiro atoms. The lowest BCUT2D eigenvalue weighted by Crippen LogP contribution is -2.01. The molecule has 0 radical (unpaired) electrons. The Balaban J connectivity index is 2.89. The number of carbonyl (C=O) groups excluding carboxylic acids is 1. The molecule has 0 aliphatic rings. The number of anilines is 1. The minimum absolute atomic E-state index is 0.0130. The van der Waals surface area contributed by atoms with E-state index >= 15 is 0 Å². The maximum absolute atomic E-state index is 10.1. The van der Waals surface area contributed by atoms with Gasteiger partial charge in [0.1, 0.15) is 0 Å². The van der Waals surface area contributed by atoms with Gasteiger partial charge in [-0.15, -0.1) is 0 Å². The summed E-state index contributed by atoms with van der Waals surface area (Å²) in [6.45, 7) is 2.24. The van der Waals surface area contributed by atoms with Gasteiger partial charge in [-0.05, 0) is 6.92 Å². The van der Waals surface area contributed by atoms with E-state index in [4.69, 9.17) is 9.84 Å². The average molecular weight is 183 g/mol. The Morgan fingerprint density at radius 3 is 3.15 bits per heavy atom. The molecule has 0 bridgehead atoms. The molecule has 70 valence electrons. The predicted octanol–water partition coefficient (Wildman–Crippen LogP) is 0.149. The van der Waals surface area contributed by atoms with Crippen molar-refractivity contribution >= 4 is 12.2 Å². The number of carbonyl (C=O) groups is 1. The topological polar surface area (TPSA) is 84.3 Å². The third-order valence-electron chi connectivity index (χ3n) is 1.22. The summed E-state index contributed by atoms with van der Waals surface area (Å²) in [4.78, 5) is 17.4. The summed E-state index contributed by atoms with van der Waals surface area (Å²) >= 11 is 0. The number of aromatic hydroxyl groups is 1. The number of rotatable bonds is 4. The number of nitrogens with zero attached hydrogens (tertiary/aromatic N) is 2. The molecule has 0 saturated carbocycles. The maximum Gasteiger partial charge on any atom is 0.255 e. The molecular weight excluding hydrogens is 174 g/mol. The first kappa shape index (κ1) is 9.24.